The van der Waals surface area contributed by atoms with E-state index in [-0.39, 0.29) is 17.4 Å². The molecule has 1 saturated heterocycles. The molecule has 1 aliphatic heterocycles. The Morgan fingerprint density at radius 2 is 2.00 bits per heavy atom. The molecule has 5 heteroatoms. The second kappa shape index (κ2) is 4.88. The van der Waals surface area contributed by atoms with Gasteiger partial charge in [-0.15, -0.1) is 0 Å². The molecule has 0 radical (unpaired) electrons. The number of nitrogens with one attached hydrogen (secondary N) is 1. The fourth-order valence-electron chi connectivity index (χ4n) is 2.57. The van der Waals surface area contributed by atoms with Gasteiger partial charge in [0.05, 0.1) is 5.56 Å². The number of piperidine rings is 1. The summed E-state index contributed by atoms with van der Waals surface area (Å²) in [4.78, 5) is 0. The maximum atomic E-state index is 13.0. The molecule has 2 unspecified atom stereocenters. The summed E-state index contributed by atoms with van der Waals surface area (Å²) < 4.78 is 51.8. The quantitative estimate of drug-likeness (QED) is 0.762. The lowest BCUT2D eigenvalue weighted by atomic mass is 9.80. The first kappa shape index (κ1) is 13.3. The molecule has 100 valence electrons. The SMILES string of the molecule is CC1CNCCC1c1ccc(F)cc1C(F)(F)F. The average molecular weight is 261 g/mol. The third-order valence-corrected chi connectivity index (χ3v) is 3.51. The molecule has 2 atom stereocenters. The van der Waals surface area contributed by atoms with Gasteiger partial charge in [-0.1, -0.05) is 13.0 Å². The Kier molecular flexibility index (Phi) is 3.61. The molecule has 0 bridgehead atoms. The minimum absolute atomic E-state index is 0.116. The summed E-state index contributed by atoms with van der Waals surface area (Å²) in [5, 5.41) is 3.15. The van der Waals surface area contributed by atoms with E-state index in [9.17, 15) is 17.6 Å². The Morgan fingerprint density at radius 3 is 2.61 bits per heavy atom. The van der Waals surface area contributed by atoms with Crippen molar-refractivity contribution >= 4 is 0 Å². The minimum Gasteiger partial charge on any atom is -0.316 e. The van der Waals surface area contributed by atoms with Crippen molar-refractivity contribution in [1.82, 2.24) is 5.32 Å². The van der Waals surface area contributed by atoms with Gasteiger partial charge in [0, 0.05) is 0 Å². The summed E-state index contributed by atoms with van der Waals surface area (Å²) in [7, 11) is 0. The average Bonchev–Trinajstić information content (AvgIpc) is 2.29. The van der Waals surface area contributed by atoms with Crippen LogP contribution in [0.2, 0.25) is 0 Å². The van der Waals surface area contributed by atoms with E-state index < -0.39 is 17.6 Å². The van der Waals surface area contributed by atoms with Crippen molar-refractivity contribution in [3.05, 3.63) is 35.1 Å². The van der Waals surface area contributed by atoms with Crippen LogP contribution in [0, 0.1) is 11.7 Å². The monoisotopic (exact) mass is 261 g/mol. The van der Waals surface area contributed by atoms with E-state index in [0.29, 0.717) is 25.6 Å². The summed E-state index contributed by atoms with van der Waals surface area (Å²) in [6, 6.07) is 2.99. The molecule has 1 nitrogen and oxygen atoms in total. The molecule has 18 heavy (non-hydrogen) atoms. The highest BCUT2D eigenvalue weighted by Crippen LogP contribution is 2.39. The highest BCUT2D eigenvalue weighted by molar-refractivity contribution is 5.34. The molecule has 0 saturated carbocycles. The van der Waals surface area contributed by atoms with Crippen LogP contribution in [0.4, 0.5) is 17.6 Å². The normalized spacial score (nSPS) is 25.2. The molecule has 1 aromatic carbocycles. The number of benzene rings is 1. The van der Waals surface area contributed by atoms with Gasteiger partial charge in [-0.2, -0.15) is 13.2 Å². The van der Waals surface area contributed by atoms with E-state index >= 15 is 0 Å². The third kappa shape index (κ3) is 2.66. The second-order valence-electron chi connectivity index (χ2n) is 4.81. The van der Waals surface area contributed by atoms with Crippen LogP contribution in [-0.2, 0) is 6.18 Å². The second-order valence-corrected chi connectivity index (χ2v) is 4.81. The van der Waals surface area contributed by atoms with Crippen molar-refractivity contribution in [3.63, 3.8) is 0 Å². The molecule has 0 aliphatic carbocycles. The Labute approximate surface area is 103 Å². The Bertz CT molecular complexity index is 427. The minimum atomic E-state index is -4.50. The van der Waals surface area contributed by atoms with Gasteiger partial charge < -0.3 is 5.32 Å². The van der Waals surface area contributed by atoms with Crippen molar-refractivity contribution in [1.29, 1.82) is 0 Å². The standard InChI is InChI=1S/C13H15F4N/c1-8-7-18-5-4-10(8)11-3-2-9(14)6-12(11)13(15,16)17/h2-3,6,8,10,18H,4-5,7H2,1H3. The highest BCUT2D eigenvalue weighted by atomic mass is 19.4. The Hall–Kier alpha value is -1.10. The van der Waals surface area contributed by atoms with Gasteiger partial charge in [-0.25, -0.2) is 4.39 Å². The summed E-state index contributed by atoms with van der Waals surface area (Å²) in [5.41, 5.74) is -0.612. The van der Waals surface area contributed by atoms with Crippen LogP contribution in [0.25, 0.3) is 0 Å². The van der Waals surface area contributed by atoms with Crippen LogP contribution in [0.15, 0.2) is 18.2 Å². The lowest BCUT2D eigenvalue weighted by Crippen LogP contribution is -2.34. The van der Waals surface area contributed by atoms with E-state index in [0.717, 1.165) is 6.07 Å². The van der Waals surface area contributed by atoms with Crippen molar-refractivity contribution in [3.8, 4) is 0 Å². The smallest absolute Gasteiger partial charge is 0.316 e. The van der Waals surface area contributed by atoms with Gasteiger partial charge >= 0.3 is 6.18 Å². The molecule has 0 spiro atoms. The van der Waals surface area contributed by atoms with Gasteiger partial charge in [0.1, 0.15) is 5.82 Å². The zero-order valence-corrected chi connectivity index (χ0v) is 10.0. The van der Waals surface area contributed by atoms with Gasteiger partial charge in [0.15, 0.2) is 0 Å². The molecule has 1 aliphatic rings. The van der Waals surface area contributed by atoms with Gasteiger partial charge in [-0.05, 0) is 49.0 Å². The molecular weight excluding hydrogens is 246 g/mol. The number of hydrogen-bond acceptors (Lipinski definition) is 1. The first-order chi connectivity index (χ1) is 8.39. The molecule has 1 aromatic rings. The maximum Gasteiger partial charge on any atom is 0.416 e. The lowest BCUT2D eigenvalue weighted by Gasteiger charge is -2.31. The highest BCUT2D eigenvalue weighted by Gasteiger charge is 2.37. The topological polar surface area (TPSA) is 12.0 Å². The third-order valence-electron chi connectivity index (χ3n) is 3.51. The predicted molar refractivity (Wildman–Crippen MR) is 60.8 cm³/mol. The van der Waals surface area contributed by atoms with Crippen LogP contribution in [0.3, 0.4) is 0 Å². The van der Waals surface area contributed by atoms with Crippen LogP contribution in [-0.4, -0.2) is 13.1 Å². The summed E-state index contributed by atoms with van der Waals surface area (Å²) in [5.74, 6) is -0.888. The first-order valence-electron chi connectivity index (χ1n) is 5.97. The summed E-state index contributed by atoms with van der Waals surface area (Å²) in [6.45, 7) is 3.31. The van der Waals surface area contributed by atoms with Crippen molar-refractivity contribution in [2.75, 3.05) is 13.1 Å². The van der Waals surface area contributed by atoms with Crippen molar-refractivity contribution < 1.29 is 17.6 Å². The maximum absolute atomic E-state index is 13.0. The van der Waals surface area contributed by atoms with E-state index in [1.807, 2.05) is 6.92 Å². The molecule has 1 heterocycles. The summed E-state index contributed by atoms with van der Waals surface area (Å²) >= 11 is 0. The van der Waals surface area contributed by atoms with E-state index in [2.05, 4.69) is 5.32 Å². The van der Waals surface area contributed by atoms with Gasteiger partial charge in [0.2, 0.25) is 0 Å². The van der Waals surface area contributed by atoms with Gasteiger partial charge in [0.25, 0.3) is 0 Å². The molecule has 1 fully saturated rings. The van der Waals surface area contributed by atoms with Crippen LogP contribution < -0.4 is 5.32 Å². The predicted octanol–water partition coefficient (Wildman–Crippen LogP) is 3.56. The fourth-order valence-corrected chi connectivity index (χ4v) is 2.57. The fraction of sp³-hybridized carbons (Fsp3) is 0.538. The Balaban J connectivity index is 2.43. The molecule has 0 aromatic heterocycles. The molecular formula is C13H15F4N. The van der Waals surface area contributed by atoms with E-state index in [1.165, 1.54) is 6.07 Å². The van der Waals surface area contributed by atoms with Crippen LogP contribution >= 0.6 is 0 Å². The number of halogens is 4. The summed E-state index contributed by atoms with van der Waals surface area (Å²) in [6.07, 6.45) is -3.85. The molecule has 0 amide bonds. The zero-order chi connectivity index (χ0) is 13.3. The van der Waals surface area contributed by atoms with Gasteiger partial charge in [-0.3, -0.25) is 0 Å². The largest absolute Gasteiger partial charge is 0.416 e. The zero-order valence-electron chi connectivity index (χ0n) is 10.0. The molecule has 2 rings (SSSR count). The number of alkyl halides is 3. The number of rotatable bonds is 1. The molecule has 1 N–H and O–H groups in total. The van der Waals surface area contributed by atoms with E-state index in [4.69, 9.17) is 0 Å². The van der Waals surface area contributed by atoms with Crippen LogP contribution in [0.5, 0.6) is 0 Å². The lowest BCUT2D eigenvalue weighted by molar-refractivity contribution is -0.138. The van der Waals surface area contributed by atoms with Crippen molar-refractivity contribution in [2.24, 2.45) is 5.92 Å². The van der Waals surface area contributed by atoms with E-state index in [1.54, 1.807) is 0 Å². The Morgan fingerprint density at radius 1 is 1.28 bits per heavy atom. The van der Waals surface area contributed by atoms with Crippen LogP contribution in [0.1, 0.15) is 30.4 Å². The number of hydrogen-bond donors (Lipinski definition) is 1. The first-order valence-corrected chi connectivity index (χ1v) is 5.97. The van der Waals surface area contributed by atoms with Crippen molar-refractivity contribution in [2.45, 2.75) is 25.4 Å².